The molecule has 0 radical (unpaired) electrons. The molecule has 0 aliphatic rings. The number of halogens is 1. The molecule has 1 heterocycles. The van der Waals surface area contributed by atoms with E-state index in [9.17, 15) is 4.79 Å². The molecule has 6 heteroatoms. The Labute approximate surface area is 91.2 Å². The minimum absolute atomic E-state index is 0.0790. The van der Waals surface area contributed by atoms with Gasteiger partial charge in [0.25, 0.3) is 0 Å². The van der Waals surface area contributed by atoms with Crippen molar-refractivity contribution in [2.24, 2.45) is 0 Å². The van der Waals surface area contributed by atoms with Crippen molar-refractivity contribution in [3.63, 3.8) is 0 Å². The largest absolute Gasteiger partial charge is 0.476 e. The maximum absolute atomic E-state index is 10.8. The van der Waals surface area contributed by atoms with Gasteiger partial charge in [0.2, 0.25) is 0 Å². The van der Waals surface area contributed by atoms with E-state index in [4.69, 9.17) is 16.7 Å². The molecule has 0 saturated carbocycles. The van der Waals surface area contributed by atoms with Crippen LogP contribution in [0.25, 0.3) is 0 Å². The maximum atomic E-state index is 10.8. The third-order valence-corrected chi connectivity index (χ3v) is 2.94. The quantitative estimate of drug-likeness (QED) is 0.817. The summed E-state index contributed by atoms with van der Waals surface area (Å²) in [7, 11) is 0. The van der Waals surface area contributed by atoms with Crippen molar-refractivity contribution in [3.8, 4) is 0 Å². The highest BCUT2D eigenvalue weighted by Crippen LogP contribution is 2.30. The lowest BCUT2D eigenvalue weighted by molar-refractivity contribution is 0.0689. The number of carboxylic acids is 1. The summed E-state index contributed by atoms with van der Waals surface area (Å²) in [4.78, 5) is 10.8. The van der Waals surface area contributed by atoms with Gasteiger partial charge in [0.05, 0.1) is 0 Å². The molecule has 0 unspecified atom stereocenters. The summed E-state index contributed by atoms with van der Waals surface area (Å²) >= 11 is 7.28. The normalized spacial score (nSPS) is 10.9. The second kappa shape index (κ2) is 4.23. The number of aromatic nitrogens is 2. The van der Waals surface area contributed by atoms with Crippen molar-refractivity contribution in [2.75, 3.05) is 6.26 Å². The number of carbonyl (C=O) groups is 1. The van der Waals surface area contributed by atoms with Gasteiger partial charge in [0.1, 0.15) is 10.0 Å². The first-order chi connectivity index (χ1) is 6.49. The van der Waals surface area contributed by atoms with Gasteiger partial charge in [-0.05, 0) is 20.1 Å². The van der Waals surface area contributed by atoms with Crippen LogP contribution in [0.4, 0.5) is 0 Å². The van der Waals surface area contributed by atoms with Gasteiger partial charge in [-0.15, -0.1) is 11.8 Å². The van der Waals surface area contributed by atoms with E-state index < -0.39 is 5.97 Å². The number of hydrogen-bond acceptors (Lipinski definition) is 3. The molecule has 0 bridgehead atoms. The smallest absolute Gasteiger partial charge is 0.358 e. The Bertz CT molecular complexity index is 362. The van der Waals surface area contributed by atoms with E-state index in [1.165, 1.54) is 11.8 Å². The van der Waals surface area contributed by atoms with Gasteiger partial charge < -0.3 is 5.11 Å². The molecule has 1 aromatic rings. The summed E-state index contributed by atoms with van der Waals surface area (Å²) in [6.07, 6.45) is 1.84. The average molecular weight is 235 g/mol. The van der Waals surface area contributed by atoms with Gasteiger partial charge in [-0.3, -0.25) is 4.68 Å². The van der Waals surface area contributed by atoms with Crippen molar-refractivity contribution in [1.82, 2.24) is 9.78 Å². The van der Waals surface area contributed by atoms with E-state index in [0.717, 1.165) is 0 Å². The van der Waals surface area contributed by atoms with E-state index in [1.54, 1.807) is 4.68 Å². The molecule has 0 aliphatic carbocycles. The zero-order valence-corrected chi connectivity index (χ0v) is 9.69. The molecule has 0 saturated heterocycles. The predicted molar refractivity (Wildman–Crippen MR) is 56.4 cm³/mol. The summed E-state index contributed by atoms with van der Waals surface area (Å²) in [5.41, 5.74) is -0.0790. The number of aromatic carboxylic acids is 1. The first-order valence-corrected chi connectivity index (χ1v) is 5.64. The highest BCUT2D eigenvalue weighted by atomic mass is 35.5. The lowest BCUT2D eigenvalue weighted by Crippen LogP contribution is -2.06. The van der Waals surface area contributed by atoms with Crippen LogP contribution >= 0.6 is 23.4 Å². The molecule has 0 fully saturated rings. The molecule has 1 aromatic heterocycles. The molecule has 0 aliphatic heterocycles. The van der Waals surface area contributed by atoms with Gasteiger partial charge in [0.15, 0.2) is 5.69 Å². The fourth-order valence-electron chi connectivity index (χ4n) is 1.07. The summed E-state index contributed by atoms with van der Waals surface area (Å²) in [6.45, 7) is 3.85. The van der Waals surface area contributed by atoms with E-state index in [0.29, 0.717) is 5.03 Å². The third kappa shape index (κ3) is 1.88. The molecule has 14 heavy (non-hydrogen) atoms. The van der Waals surface area contributed by atoms with Gasteiger partial charge in [-0.25, -0.2) is 4.79 Å². The maximum Gasteiger partial charge on any atom is 0.358 e. The second-order valence-electron chi connectivity index (χ2n) is 3.02. The van der Waals surface area contributed by atoms with Crippen LogP contribution in [-0.2, 0) is 0 Å². The Morgan fingerprint density at radius 1 is 1.64 bits per heavy atom. The van der Waals surface area contributed by atoms with Crippen molar-refractivity contribution < 1.29 is 9.90 Å². The third-order valence-electron chi connectivity index (χ3n) is 1.70. The Morgan fingerprint density at radius 3 is 2.50 bits per heavy atom. The predicted octanol–water partition coefficient (Wildman–Crippen LogP) is 2.54. The zero-order chi connectivity index (χ0) is 10.9. The molecule has 78 valence electrons. The Hall–Kier alpha value is -0.680. The van der Waals surface area contributed by atoms with Crippen molar-refractivity contribution >= 4 is 29.3 Å². The molecular formula is C8H11ClN2O2S. The average Bonchev–Trinajstić information content (AvgIpc) is 2.42. The Morgan fingerprint density at radius 2 is 2.21 bits per heavy atom. The lowest BCUT2D eigenvalue weighted by atomic mass is 10.4. The minimum Gasteiger partial charge on any atom is -0.476 e. The summed E-state index contributed by atoms with van der Waals surface area (Å²) in [5, 5.41) is 13.7. The molecule has 1 N–H and O–H groups in total. The second-order valence-corrected chi connectivity index (χ2v) is 4.19. The number of nitrogens with zero attached hydrogens (tertiary/aromatic N) is 2. The highest BCUT2D eigenvalue weighted by Gasteiger charge is 2.21. The van der Waals surface area contributed by atoms with Crippen LogP contribution in [0, 0.1) is 0 Å². The van der Waals surface area contributed by atoms with Crippen LogP contribution in [-0.4, -0.2) is 27.1 Å². The first-order valence-electron chi connectivity index (χ1n) is 4.04. The molecular weight excluding hydrogens is 224 g/mol. The van der Waals surface area contributed by atoms with Crippen molar-refractivity contribution in [2.45, 2.75) is 24.9 Å². The molecule has 0 amide bonds. The molecule has 0 atom stereocenters. The first kappa shape index (κ1) is 11.4. The summed E-state index contributed by atoms with van der Waals surface area (Å²) in [5.74, 6) is -1.09. The number of hydrogen-bond donors (Lipinski definition) is 1. The van der Waals surface area contributed by atoms with Crippen LogP contribution in [0.2, 0.25) is 5.02 Å². The number of rotatable bonds is 3. The van der Waals surface area contributed by atoms with E-state index in [1.807, 2.05) is 20.1 Å². The lowest BCUT2D eigenvalue weighted by Gasteiger charge is -2.08. The number of thioether (sulfide) groups is 1. The van der Waals surface area contributed by atoms with Crippen LogP contribution in [0.1, 0.15) is 30.4 Å². The topological polar surface area (TPSA) is 55.1 Å². The monoisotopic (exact) mass is 234 g/mol. The summed E-state index contributed by atoms with van der Waals surface area (Å²) in [6, 6.07) is 0.100. The zero-order valence-electron chi connectivity index (χ0n) is 8.11. The van der Waals surface area contributed by atoms with Crippen LogP contribution < -0.4 is 0 Å². The molecule has 1 rings (SSSR count). The van der Waals surface area contributed by atoms with Crippen molar-refractivity contribution in [3.05, 3.63) is 10.7 Å². The van der Waals surface area contributed by atoms with Crippen LogP contribution in [0.3, 0.4) is 0 Å². The molecule has 4 nitrogen and oxygen atoms in total. The van der Waals surface area contributed by atoms with E-state index in [-0.39, 0.29) is 16.8 Å². The Balaban J connectivity index is 3.31. The van der Waals surface area contributed by atoms with Gasteiger partial charge in [0, 0.05) is 6.04 Å². The van der Waals surface area contributed by atoms with Crippen molar-refractivity contribution in [1.29, 1.82) is 0 Å². The fourth-order valence-corrected chi connectivity index (χ4v) is 2.22. The Kier molecular flexibility index (Phi) is 3.44. The molecule has 0 spiro atoms. The standard InChI is InChI=1S/C8H11ClN2O2S/c1-4(2)11-7(14-3)5(9)6(10-11)8(12)13/h4H,1-3H3,(H,12,13). The molecule has 0 aromatic carbocycles. The number of carboxylic acid groups (broad SMARTS) is 1. The minimum atomic E-state index is -1.09. The highest BCUT2D eigenvalue weighted by molar-refractivity contribution is 7.98. The SMILES string of the molecule is CSc1c(Cl)c(C(=O)O)nn1C(C)C. The van der Waals surface area contributed by atoms with Gasteiger partial charge >= 0.3 is 5.97 Å². The van der Waals surface area contributed by atoms with Crippen LogP contribution in [0.15, 0.2) is 5.03 Å². The van der Waals surface area contributed by atoms with E-state index >= 15 is 0 Å². The van der Waals surface area contributed by atoms with Gasteiger partial charge in [-0.1, -0.05) is 11.6 Å². The van der Waals surface area contributed by atoms with Gasteiger partial charge in [-0.2, -0.15) is 5.10 Å². The summed E-state index contributed by atoms with van der Waals surface area (Å²) < 4.78 is 1.62. The fraction of sp³-hybridized carbons (Fsp3) is 0.500. The van der Waals surface area contributed by atoms with Crippen LogP contribution in [0.5, 0.6) is 0 Å². The van der Waals surface area contributed by atoms with E-state index in [2.05, 4.69) is 5.10 Å².